The Balaban J connectivity index is 1.94. The van der Waals surface area contributed by atoms with Gasteiger partial charge in [0.2, 0.25) is 0 Å². The van der Waals surface area contributed by atoms with Gasteiger partial charge in [0, 0.05) is 11.6 Å². The number of urea groups is 1. The van der Waals surface area contributed by atoms with Crippen LogP contribution < -0.4 is 5.32 Å². The molecular formula is C17H13F2N3O4. The van der Waals surface area contributed by atoms with E-state index in [9.17, 15) is 28.5 Å². The lowest BCUT2D eigenvalue weighted by Crippen LogP contribution is -2.41. The van der Waals surface area contributed by atoms with Crippen molar-refractivity contribution in [2.75, 3.05) is 0 Å². The van der Waals surface area contributed by atoms with Crippen molar-refractivity contribution in [3.05, 3.63) is 75.3 Å². The van der Waals surface area contributed by atoms with Gasteiger partial charge in [-0.3, -0.25) is 19.8 Å². The fourth-order valence-corrected chi connectivity index (χ4v) is 2.84. The smallest absolute Gasteiger partial charge is 0.319 e. The van der Waals surface area contributed by atoms with E-state index in [0.29, 0.717) is 0 Å². The Bertz CT molecular complexity index is 934. The molecule has 1 saturated heterocycles. The van der Waals surface area contributed by atoms with Crippen LogP contribution in [0.15, 0.2) is 42.5 Å². The molecule has 134 valence electrons. The van der Waals surface area contributed by atoms with Gasteiger partial charge in [0.15, 0.2) is 11.6 Å². The highest BCUT2D eigenvalue weighted by atomic mass is 19.2. The summed E-state index contributed by atoms with van der Waals surface area (Å²) in [6, 6.07) is 7.84. The molecule has 3 amide bonds. The number of hydrogen-bond donors (Lipinski definition) is 1. The molecule has 1 fully saturated rings. The number of hydrogen-bond acceptors (Lipinski definition) is 4. The summed E-state index contributed by atoms with van der Waals surface area (Å²) in [6.07, 6.45) is 0. The minimum absolute atomic E-state index is 0.0693. The summed E-state index contributed by atoms with van der Waals surface area (Å²) in [5, 5.41) is 13.5. The number of carbonyl (C=O) groups excluding carboxylic acids is 2. The number of imide groups is 1. The lowest BCUT2D eigenvalue weighted by Gasteiger charge is -2.22. The molecule has 9 heteroatoms. The van der Waals surface area contributed by atoms with Crippen molar-refractivity contribution in [1.29, 1.82) is 0 Å². The summed E-state index contributed by atoms with van der Waals surface area (Å²) in [5.74, 6) is -2.94. The first kappa shape index (κ1) is 17.5. The van der Waals surface area contributed by atoms with Crippen LogP contribution >= 0.6 is 0 Å². The van der Waals surface area contributed by atoms with Crippen molar-refractivity contribution in [2.45, 2.75) is 19.0 Å². The fraction of sp³-hybridized carbons (Fsp3) is 0.176. The molecule has 26 heavy (non-hydrogen) atoms. The first-order valence-electron chi connectivity index (χ1n) is 7.56. The number of carbonyl (C=O) groups is 2. The Morgan fingerprint density at radius 3 is 2.50 bits per heavy atom. The first-order chi connectivity index (χ1) is 12.2. The van der Waals surface area contributed by atoms with Crippen LogP contribution in [0.25, 0.3) is 0 Å². The van der Waals surface area contributed by atoms with Crippen molar-refractivity contribution in [1.82, 2.24) is 10.2 Å². The quantitative estimate of drug-likeness (QED) is 0.515. The van der Waals surface area contributed by atoms with Gasteiger partial charge in [-0.2, -0.15) is 0 Å². The van der Waals surface area contributed by atoms with Gasteiger partial charge in [0.1, 0.15) is 5.54 Å². The Morgan fingerprint density at radius 1 is 1.15 bits per heavy atom. The van der Waals surface area contributed by atoms with E-state index in [1.54, 1.807) is 6.07 Å². The molecular weight excluding hydrogens is 348 g/mol. The number of para-hydroxylation sites is 1. The van der Waals surface area contributed by atoms with E-state index in [0.717, 1.165) is 17.0 Å². The number of nitro groups is 1. The van der Waals surface area contributed by atoms with Crippen LogP contribution in [0.5, 0.6) is 0 Å². The zero-order valence-electron chi connectivity index (χ0n) is 13.5. The van der Waals surface area contributed by atoms with Crippen molar-refractivity contribution in [3.63, 3.8) is 0 Å². The summed E-state index contributed by atoms with van der Waals surface area (Å²) in [6.45, 7) is 1.04. The molecule has 0 aromatic heterocycles. The van der Waals surface area contributed by atoms with Gasteiger partial charge in [-0.15, -0.1) is 0 Å². The van der Waals surface area contributed by atoms with Crippen LogP contribution in [0.3, 0.4) is 0 Å². The first-order valence-corrected chi connectivity index (χ1v) is 7.56. The van der Waals surface area contributed by atoms with Gasteiger partial charge >= 0.3 is 6.03 Å². The van der Waals surface area contributed by atoms with Gasteiger partial charge in [-0.05, 0) is 24.6 Å². The largest absolute Gasteiger partial charge is 0.325 e. The van der Waals surface area contributed by atoms with Gasteiger partial charge < -0.3 is 5.32 Å². The molecule has 0 aliphatic carbocycles. The Morgan fingerprint density at radius 2 is 1.85 bits per heavy atom. The number of nitrogens with one attached hydrogen (secondary N) is 1. The molecule has 0 spiro atoms. The molecule has 7 nitrogen and oxygen atoms in total. The van der Waals surface area contributed by atoms with E-state index in [4.69, 9.17) is 0 Å². The van der Waals surface area contributed by atoms with E-state index >= 15 is 0 Å². The number of rotatable bonds is 4. The predicted octanol–water partition coefficient (Wildman–Crippen LogP) is 2.84. The third-order valence-electron chi connectivity index (χ3n) is 4.29. The van der Waals surface area contributed by atoms with E-state index in [-0.39, 0.29) is 23.4 Å². The third-order valence-corrected chi connectivity index (χ3v) is 4.29. The minimum atomic E-state index is -1.60. The average Bonchev–Trinajstić information content (AvgIpc) is 2.82. The average molecular weight is 361 g/mol. The molecule has 2 aromatic rings. The molecule has 1 N–H and O–H groups in total. The standard InChI is InChI=1S/C17H13F2N3O4/c1-17(11-6-7-12(18)13(19)8-11)15(23)21(16(24)20-17)9-10-4-2-3-5-14(10)22(25)26/h2-8H,9H2,1H3,(H,20,24). The molecule has 2 aromatic carbocycles. The van der Waals surface area contributed by atoms with Crippen molar-refractivity contribution >= 4 is 17.6 Å². The molecule has 3 rings (SSSR count). The maximum Gasteiger partial charge on any atom is 0.325 e. The zero-order chi connectivity index (χ0) is 19.1. The summed E-state index contributed by atoms with van der Waals surface area (Å²) in [7, 11) is 0. The van der Waals surface area contributed by atoms with Crippen LogP contribution in [-0.2, 0) is 16.9 Å². The molecule has 1 aliphatic heterocycles. The van der Waals surface area contributed by atoms with Crippen LogP contribution in [0.4, 0.5) is 19.3 Å². The number of amides is 3. The highest BCUT2D eigenvalue weighted by molar-refractivity contribution is 6.07. The molecule has 0 bridgehead atoms. The number of halogens is 2. The topological polar surface area (TPSA) is 92.6 Å². The Hall–Kier alpha value is -3.36. The van der Waals surface area contributed by atoms with Crippen LogP contribution in [0.2, 0.25) is 0 Å². The van der Waals surface area contributed by atoms with Crippen molar-refractivity contribution < 1.29 is 23.3 Å². The highest BCUT2D eigenvalue weighted by Gasteiger charge is 2.49. The van der Waals surface area contributed by atoms with Gasteiger partial charge in [-0.25, -0.2) is 13.6 Å². The predicted molar refractivity (Wildman–Crippen MR) is 85.9 cm³/mol. The van der Waals surface area contributed by atoms with E-state index in [1.807, 2.05) is 0 Å². The summed E-state index contributed by atoms with van der Waals surface area (Å²) >= 11 is 0. The summed E-state index contributed by atoms with van der Waals surface area (Å²) in [5.41, 5.74) is -1.58. The maximum atomic E-state index is 13.5. The van der Waals surface area contributed by atoms with E-state index in [2.05, 4.69) is 5.32 Å². The normalized spacial score (nSPS) is 19.6. The number of nitro benzene ring substituents is 1. The molecule has 1 heterocycles. The SMILES string of the molecule is CC1(c2ccc(F)c(F)c2)NC(=O)N(Cc2ccccc2[N+](=O)[O-])C1=O. The summed E-state index contributed by atoms with van der Waals surface area (Å²) < 4.78 is 26.7. The highest BCUT2D eigenvalue weighted by Crippen LogP contribution is 2.31. The maximum absolute atomic E-state index is 13.5. The fourth-order valence-electron chi connectivity index (χ4n) is 2.84. The van der Waals surface area contributed by atoms with Gasteiger partial charge in [0.25, 0.3) is 11.6 Å². The lowest BCUT2D eigenvalue weighted by atomic mass is 9.92. The second kappa shape index (κ2) is 6.17. The summed E-state index contributed by atoms with van der Waals surface area (Å²) in [4.78, 5) is 36.3. The molecule has 0 radical (unpaired) electrons. The van der Waals surface area contributed by atoms with Crippen LogP contribution in [0, 0.1) is 21.7 Å². The third kappa shape index (κ3) is 2.77. The number of nitrogens with zero attached hydrogens (tertiary/aromatic N) is 2. The Kier molecular flexibility index (Phi) is 4.15. The minimum Gasteiger partial charge on any atom is -0.319 e. The lowest BCUT2D eigenvalue weighted by molar-refractivity contribution is -0.385. The van der Waals surface area contributed by atoms with Crippen molar-refractivity contribution in [2.24, 2.45) is 0 Å². The van der Waals surface area contributed by atoms with Crippen LogP contribution in [0.1, 0.15) is 18.1 Å². The molecule has 1 aliphatic rings. The molecule has 0 saturated carbocycles. The van der Waals surface area contributed by atoms with Crippen LogP contribution in [-0.4, -0.2) is 21.8 Å². The molecule has 1 unspecified atom stereocenters. The van der Waals surface area contributed by atoms with Crippen molar-refractivity contribution in [3.8, 4) is 0 Å². The zero-order valence-corrected chi connectivity index (χ0v) is 13.5. The Labute approximate surface area is 146 Å². The second-order valence-corrected chi connectivity index (χ2v) is 5.96. The second-order valence-electron chi connectivity index (χ2n) is 5.96. The van der Waals surface area contributed by atoms with Gasteiger partial charge in [-0.1, -0.05) is 24.3 Å². The molecule has 1 atom stereocenters. The van der Waals surface area contributed by atoms with E-state index < -0.39 is 34.0 Å². The monoisotopic (exact) mass is 361 g/mol. The van der Waals surface area contributed by atoms with E-state index in [1.165, 1.54) is 31.2 Å². The number of benzene rings is 2. The van der Waals surface area contributed by atoms with Gasteiger partial charge in [0.05, 0.1) is 11.5 Å².